The van der Waals surface area contributed by atoms with Crippen LogP contribution in [0.5, 0.6) is 0 Å². The van der Waals surface area contributed by atoms with Crippen LogP contribution in [0.2, 0.25) is 0 Å². The van der Waals surface area contributed by atoms with Crippen molar-refractivity contribution in [3.63, 3.8) is 0 Å². The van der Waals surface area contributed by atoms with Crippen LogP contribution < -0.4 is 9.96 Å². The average molecular weight is 485 g/mol. The second-order valence-corrected chi connectivity index (χ2v) is 9.74. The number of hydroxylamine groups is 1. The van der Waals surface area contributed by atoms with E-state index in [2.05, 4.69) is 30.3 Å². The van der Waals surface area contributed by atoms with Crippen LogP contribution in [-0.2, 0) is 14.4 Å². The first-order valence-electron chi connectivity index (χ1n) is 12.5. The molecule has 0 radical (unpaired) electrons. The van der Waals surface area contributed by atoms with Crippen LogP contribution in [0, 0.1) is 12.8 Å². The highest BCUT2D eigenvalue weighted by atomic mass is 16.7. The van der Waals surface area contributed by atoms with E-state index < -0.39 is 18.1 Å². The van der Waals surface area contributed by atoms with Crippen LogP contribution in [0.1, 0.15) is 17.2 Å². The van der Waals surface area contributed by atoms with Crippen LogP contribution in [-0.4, -0.2) is 17.9 Å². The van der Waals surface area contributed by atoms with E-state index in [9.17, 15) is 9.59 Å². The summed E-state index contributed by atoms with van der Waals surface area (Å²) < 4.78 is 0. The molecular weight excluding hydrogens is 460 g/mol. The zero-order chi connectivity index (χ0) is 25.1. The monoisotopic (exact) mass is 484 g/mol. The summed E-state index contributed by atoms with van der Waals surface area (Å²) in [7, 11) is 0. The summed E-state index contributed by atoms with van der Waals surface area (Å²) in [5, 5.41) is 6.04. The minimum atomic E-state index is -0.906. The first-order chi connectivity index (χ1) is 18.1. The third-order valence-electron chi connectivity index (χ3n) is 7.53. The normalized spacial score (nSPS) is 21.3. The number of hydrogen-bond donors (Lipinski definition) is 0. The van der Waals surface area contributed by atoms with Gasteiger partial charge in [-0.2, -0.15) is 0 Å². The minimum absolute atomic E-state index is 0.237. The first kappa shape index (κ1) is 21.8. The molecular formula is C32H24N2O3. The van der Waals surface area contributed by atoms with Crippen LogP contribution >= 0.6 is 0 Å². The second kappa shape index (κ2) is 8.29. The van der Waals surface area contributed by atoms with Crippen molar-refractivity contribution in [3.8, 4) is 0 Å². The number of rotatable bonds is 3. The third-order valence-corrected chi connectivity index (χ3v) is 7.53. The summed E-state index contributed by atoms with van der Waals surface area (Å²) in [4.78, 5) is 35.5. The molecule has 0 N–H and O–H groups in total. The zero-order valence-corrected chi connectivity index (χ0v) is 20.2. The molecule has 2 fully saturated rings. The van der Waals surface area contributed by atoms with Gasteiger partial charge in [0.05, 0.1) is 17.4 Å². The maximum atomic E-state index is 14.1. The molecule has 0 aliphatic carbocycles. The first-order valence-corrected chi connectivity index (χ1v) is 12.5. The number of fused-ring (bicyclic) bond motifs is 3. The van der Waals surface area contributed by atoms with Gasteiger partial charge in [-0.3, -0.25) is 14.4 Å². The Kier molecular flexibility index (Phi) is 4.88. The van der Waals surface area contributed by atoms with Crippen molar-refractivity contribution in [1.82, 2.24) is 0 Å². The van der Waals surface area contributed by atoms with E-state index >= 15 is 0 Å². The highest BCUT2D eigenvalue weighted by molar-refractivity contribution is 6.24. The average Bonchev–Trinajstić information content (AvgIpc) is 3.44. The molecule has 2 saturated heterocycles. The second-order valence-electron chi connectivity index (χ2n) is 9.74. The van der Waals surface area contributed by atoms with Crippen molar-refractivity contribution in [2.45, 2.75) is 19.1 Å². The van der Waals surface area contributed by atoms with Crippen molar-refractivity contribution >= 4 is 44.7 Å². The quantitative estimate of drug-likeness (QED) is 0.221. The molecule has 37 heavy (non-hydrogen) atoms. The standard InChI is InChI=1S/C32H24N2O3/c1-20-15-17-23(18-16-20)33-31(35)28-29(34(37-30(28)32(33)36)24-11-3-2-4-12-24)27-25-13-7-5-9-21(25)19-22-10-6-8-14-26(22)27/h2-19,28-30H,1H3/t28-,29-,30-/m1/s1. The largest absolute Gasteiger partial charge is 0.273 e. The number of carbonyl (C=O) groups is 2. The summed E-state index contributed by atoms with van der Waals surface area (Å²) in [6.45, 7) is 1.98. The van der Waals surface area contributed by atoms with Gasteiger partial charge in [0, 0.05) is 0 Å². The lowest BCUT2D eigenvalue weighted by Crippen LogP contribution is -2.37. The number of para-hydroxylation sites is 1. The molecule has 5 aromatic rings. The van der Waals surface area contributed by atoms with E-state index in [1.165, 1.54) is 4.90 Å². The van der Waals surface area contributed by atoms with Crippen molar-refractivity contribution < 1.29 is 14.4 Å². The van der Waals surface area contributed by atoms with Gasteiger partial charge >= 0.3 is 0 Å². The van der Waals surface area contributed by atoms with E-state index in [1.807, 2.05) is 85.8 Å². The van der Waals surface area contributed by atoms with Gasteiger partial charge in [-0.25, -0.2) is 9.96 Å². The predicted octanol–water partition coefficient (Wildman–Crippen LogP) is 6.35. The van der Waals surface area contributed by atoms with Gasteiger partial charge in [-0.1, -0.05) is 84.4 Å². The van der Waals surface area contributed by atoms with Gasteiger partial charge in [0.1, 0.15) is 5.92 Å². The summed E-state index contributed by atoms with van der Waals surface area (Å²) >= 11 is 0. The predicted molar refractivity (Wildman–Crippen MR) is 145 cm³/mol. The topological polar surface area (TPSA) is 49.9 Å². The van der Waals surface area contributed by atoms with Crippen LogP contribution in [0.25, 0.3) is 21.5 Å². The van der Waals surface area contributed by atoms with E-state index in [-0.39, 0.29) is 11.8 Å². The van der Waals surface area contributed by atoms with Gasteiger partial charge in [0.25, 0.3) is 5.91 Å². The Bertz CT molecular complexity index is 1630. The molecule has 0 aromatic heterocycles. The van der Waals surface area contributed by atoms with E-state index in [0.29, 0.717) is 5.69 Å². The maximum Gasteiger partial charge on any atom is 0.266 e. The number of benzene rings is 5. The molecule has 2 amide bonds. The number of anilines is 2. The Morgan fingerprint density at radius 1 is 0.649 bits per heavy atom. The molecule has 0 spiro atoms. The van der Waals surface area contributed by atoms with Crippen molar-refractivity contribution in [2.75, 3.05) is 9.96 Å². The molecule has 2 aliphatic rings. The van der Waals surface area contributed by atoms with Gasteiger partial charge in [-0.15, -0.1) is 0 Å². The Balaban J connectivity index is 1.47. The van der Waals surface area contributed by atoms with Gasteiger partial charge in [-0.05, 0) is 64.4 Å². The Morgan fingerprint density at radius 2 is 1.24 bits per heavy atom. The lowest BCUT2D eigenvalue weighted by atomic mass is 9.84. The maximum absolute atomic E-state index is 14.1. The van der Waals surface area contributed by atoms with Crippen LogP contribution in [0.4, 0.5) is 11.4 Å². The summed E-state index contributed by atoms with van der Waals surface area (Å²) in [6, 6.07) is 35.3. The van der Waals surface area contributed by atoms with Crippen molar-refractivity contribution in [3.05, 3.63) is 120 Å². The van der Waals surface area contributed by atoms with Crippen LogP contribution in [0.3, 0.4) is 0 Å². The van der Waals surface area contributed by atoms with Gasteiger partial charge in [0.15, 0.2) is 6.10 Å². The highest BCUT2D eigenvalue weighted by Gasteiger charge is 2.60. The summed E-state index contributed by atoms with van der Waals surface area (Å²) in [5.74, 6) is -1.26. The fraction of sp³-hybridized carbons (Fsp3) is 0.125. The van der Waals surface area contributed by atoms with E-state index in [4.69, 9.17) is 4.84 Å². The molecule has 7 rings (SSSR count). The number of carbonyl (C=O) groups excluding carboxylic acids is 2. The molecule has 0 unspecified atom stereocenters. The molecule has 5 heteroatoms. The molecule has 3 atom stereocenters. The van der Waals surface area contributed by atoms with Crippen LogP contribution in [0.15, 0.2) is 109 Å². The number of amides is 2. The third kappa shape index (κ3) is 3.28. The van der Waals surface area contributed by atoms with E-state index in [1.54, 1.807) is 5.06 Å². The molecule has 2 heterocycles. The summed E-state index contributed by atoms with van der Waals surface area (Å²) in [6.07, 6.45) is -0.906. The molecule has 180 valence electrons. The van der Waals surface area contributed by atoms with Gasteiger partial charge < -0.3 is 0 Å². The SMILES string of the molecule is Cc1ccc(N2C(=O)[C@@H]3[C@@H](c4c5ccccc5cc5ccccc45)N(c4ccccc4)O[C@H]3C2=O)cc1. The minimum Gasteiger partial charge on any atom is -0.273 e. The van der Waals surface area contributed by atoms with Gasteiger partial charge in [0.2, 0.25) is 5.91 Å². The fourth-order valence-corrected chi connectivity index (χ4v) is 5.82. The zero-order valence-electron chi connectivity index (χ0n) is 20.2. The molecule has 2 aliphatic heterocycles. The number of imide groups is 1. The number of nitrogens with zero attached hydrogens (tertiary/aromatic N) is 2. The molecule has 5 nitrogen and oxygen atoms in total. The smallest absolute Gasteiger partial charge is 0.266 e. The summed E-state index contributed by atoms with van der Waals surface area (Å²) in [5.41, 5.74) is 3.44. The highest BCUT2D eigenvalue weighted by Crippen LogP contribution is 2.50. The van der Waals surface area contributed by atoms with Crippen molar-refractivity contribution in [2.24, 2.45) is 5.92 Å². The number of hydrogen-bond acceptors (Lipinski definition) is 4. The molecule has 0 bridgehead atoms. The molecule has 0 saturated carbocycles. The lowest BCUT2D eigenvalue weighted by molar-refractivity contribution is -0.126. The Labute approximate surface area is 214 Å². The Hall–Kier alpha value is -4.48. The number of aryl methyl sites for hydroxylation is 1. The fourth-order valence-electron chi connectivity index (χ4n) is 5.82. The Morgan fingerprint density at radius 3 is 1.89 bits per heavy atom. The van der Waals surface area contributed by atoms with E-state index in [0.717, 1.165) is 38.4 Å². The lowest BCUT2D eigenvalue weighted by Gasteiger charge is -2.30. The molecule has 5 aromatic carbocycles. The van der Waals surface area contributed by atoms with Crippen molar-refractivity contribution in [1.29, 1.82) is 0 Å².